The third-order valence-electron chi connectivity index (χ3n) is 3.22. The van der Waals surface area contributed by atoms with E-state index in [0.29, 0.717) is 6.04 Å². The number of nitrogens with zero attached hydrogens (tertiary/aromatic N) is 2. The topological polar surface area (TPSA) is 37.4 Å². The van der Waals surface area contributed by atoms with Crippen molar-refractivity contribution >= 4 is 5.82 Å². The number of aryl methyl sites for hydroxylation is 1. The Morgan fingerprint density at radius 3 is 3.11 bits per heavy atom. The molecule has 0 spiro atoms. The van der Waals surface area contributed by atoms with E-state index in [1.165, 1.54) is 5.56 Å². The normalized spacial score (nSPS) is 20.1. The Hall–Kier alpha value is -1.13. The van der Waals surface area contributed by atoms with Crippen molar-refractivity contribution < 1.29 is 4.74 Å². The lowest BCUT2D eigenvalue weighted by atomic mass is 10.2. The molecule has 0 aromatic carbocycles. The lowest BCUT2D eigenvalue weighted by Gasteiger charge is -2.36. The van der Waals surface area contributed by atoms with E-state index in [-0.39, 0.29) is 0 Å². The van der Waals surface area contributed by atoms with Gasteiger partial charge in [-0.05, 0) is 31.5 Å². The molecule has 4 heteroatoms. The highest BCUT2D eigenvalue weighted by molar-refractivity contribution is 5.41. The number of hydrogen-bond acceptors (Lipinski definition) is 4. The summed E-state index contributed by atoms with van der Waals surface area (Å²) in [7, 11) is 0. The van der Waals surface area contributed by atoms with Gasteiger partial charge in [-0.15, -0.1) is 0 Å². The van der Waals surface area contributed by atoms with Gasteiger partial charge in [-0.25, -0.2) is 4.98 Å². The zero-order valence-corrected chi connectivity index (χ0v) is 11.4. The number of rotatable bonds is 5. The fraction of sp³-hybridized carbons (Fsp3) is 0.643. The minimum atomic E-state index is 0.389. The van der Waals surface area contributed by atoms with Crippen LogP contribution in [0.3, 0.4) is 0 Å². The number of aromatic nitrogens is 1. The highest BCUT2D eigenvalue weighted by atomic mass is 16.5. The van der Waals surface area contributed by atoms with Crippen LogP contribution < -0.4 is 10.2 Å². The van der Waals surface area contributed by atoms with Crippen molar-refractivity contribution in [3.63, 3.8) is 0 Å². The Labute approximate surface area is 109 Å². The molecule has 2 rings (SSSR count). The smallest absolute Gasteiger partial charge is 0.128 e. The highest BCUT2D eigenvalue weighted by Gasteiger charge is 2.23. The van der Waals surface area contributed by atoms with E-state index in [0.717, 1.165) is 45.1 Å². The maximum absolute atomic E-state index is 5.58. The zero-order valence-electron chi connectivity index (χ0n) is 11.4. The standard InChI is InChI=1S/C14H23N3O/c1-3-6-15-10-13-11-18-8-7-17(13)14-5-4-12(2)9-16-14/h4-5,9,13,15H,3,6-8,10-11H2,1-2H3. The van der Waals surface area contributed by atoms with Crippen molar-refractivity contribution in [3.05, 3.63) is 23.9 Å². The molecule has 0 saturated carbocycles. The summed E-state index contributed by atoms with van der Waals surface area (Å²) in [4.78, 5) is 6.88. The van der Waals surface area contributed by atoms with Crippen LogP contribution in [0.25, 0.3) is 0 Å². The van der Waals surface area contributed by atoms with Crippen LogP contribution >= 0.6 is 0 Å². The molecule has 1 aliphatic rings. The van der Waals surface area contributed by atoms with Gasteiger partial charge in [0.05, 0.1) is 19.3 Å². The van der Waals surface area contributed by atoms with Crippen molar-refractivity contribution in [2.45, 2.75) is 26.3 Å². The average Bonchev–Trinajstić information content (AvgIpc) is 2.41. The Balaban J connectivity index is 2.00. The van der Waals surface area contributed by atoms with Crippen LogP contribution in [0.5, 0.6) is 0 Å². The van der Waals surface area contributed by atoms with Gasteiger partial charge in [0.15, 0.2) is 0 Å². The van der Waals surface area contributed by atoms with E-state index in [2.05, 4.69) is 41.2 Å². The lowest BCUT2D eigenvalue weighted by molar-refractivity contribution is 0.0934. The number of nitrogens with one attached hydrogen (secondary N) is 1. The minimum Gasteiger partial charge on any atom is -0.377 e. The highest BCUT2D eigenvalue weighted by Crippen LogP contribution is 2.17. The van der Waals surface area contributed by atoms with E-state index in [1.807, 2.05) is 6.20 Å². The molecule has 18 heavy (non-hydrogen) atoms. The summed E-state index contributed by atoms with van der Waals surface area (Å²) in [5.41, 5.74) is 1.20. The molecule has 1 aromatic heterocycles. The summed E-state index contributed by atoms with van der Waals surface area (Å²) in [6, 6.07) is 4.61. The van der Waals surface area contributed by atoms with Gasteiger partial charge in [0.2, 0.25) is 0 Å². The van der Waals surface area contributed by atoms with Crippen LogP contribution in [0.15, 0.2) is 18.3 Å². The van der Waals surface area contributed by atoms with Gasteiger partial charge in [-0.1, -0.05) is 13.0 Å². The van der Waals surface area contributed by atoms with Gasteiger partial charge >= 0.3 is 0 Å². The van der Waals surface area contributed by atoms with Crippen LogP contribution in [0.2, 0.25) is 0 Å². The molecule has 1 fully saturated rings. The molecule has 0 aliphatic carbocycles. The SMILES string of the molecule is CCCNCC1COCCN1c1ccc(C)cn1. The van der Waals surface area contributed by atoms with E-state index < -0.39 is 0 Å². The Bertz CT molecular complexity index is 353. The number of ether oxygens (including phenoxy) is 1. The molecule has 4 nitrogen and oxygen atoms in total. The summed E-state index contributed by atoms with van der Waals surface area (Å²) in [6.07, 6.45) is 3.09. The third-order valence-corrected chi connectivity index (χ3v) is 3.22. The van der Waals surface area contributed by atoms with Gasteiger partial charge in [-0.3, -0.25) is 0 Å². The molecule has 0 radical (unpaired) electrons. The first kappa shape index (κ1) is 13.3. The first-order valence-corrected chi connectivity index (χ1v) is 6.79. The fourth-order valence-electron chi connectivity index (χ4n) is 2.20. The van der Waals surface area contributed by atoms with Crippen LogP contribution in [0, 0.1) is 6.92 Å². The van der Waals surface area contributed by atoms with Crippen LogP contribution in [0.1, 0.15) is 18.9 Å². The van der Waals surface area contributed by atoms with E-state index in [1.54, 1.807) is 0 Å². The first-order valence-electron chi connectivity index (χ1n) is 6.79. The van der Waals surface area contributed by atoms with Crippen molar-refractivity contribution in [2.75, 3.05) is 37.7 Å². The summed E-state index contributed by atoms with van der Waals surface area (Å²) in [5.74, 6) is 1.06. The zero-order chi connectivity index (χ0) is 12.8. The summed E-state index contributed by atoms with van der Waals surface area (Å²) in [5, 5.41) is 3.47. The summed E-state index contributed by atoms with van der Waals surface area (Å²) >= 11 is 0. The summed E-state index contributed by atoms with van der Waals surface area (Å²) < 4.78 is 5.58. The van der Waals surface area contributed by atoms with Crippen molar-refractivity contribution in [1.82, 2.24) is 10.3 Å². The van der Waals surface area contributed by atoms with Crippen molar-refractivity contribution in [2.24, 2.45) is 0 Å². The maximum Gasteiger partial charge on any atom is 0.128 e. The van der Waals surface area contributed by atoms with Crippen molar-refractivity contribution in [3.8, 4) is 0 Å². The second-order valence-corrected chi connectivity index (χ2v) is 4.82. The number of pyridine rings is 1. The molecule has 1 unspecified atom stereocenters. The molecular weight excluding hydrogens is 226 g/mol. The Morgan fingerprint density at radius 1 is 1.50 bits per heavy atom. The lowest BCUT2D eigenvalue weighted by Crippen LogP contribution is -2.51. The molecular formula is C14H23N3O. The second-order valence-electron chi connectivity index (χ2n) is 4.82. The summed E-state index contributed by atoms with van der Waals surface area (Å²) in [6.45, 7) is 8.77. The number of hydrogen-bond donors (Lipinski definition) is 1. The van der Waals surface area contributed by atoms with Crippen LogP contribution in [0.4, 0.5) is 5.82 Å². The molecule has 1 atom stereocenters. The second kappa shape index (κ2) is 6.71. The van der Waals surface area contributed by atoms with Crippen LogP contribution in [-0.2, 0) is 4.74 Å². The largest absolute Gasteiger partial charge is 0.377 e. The van der Waals surface area contributed by atoms with Gasteiger partial charge in [0, 0.05) is 19.3 Å². The fourth-order valence-corrected chi connectivity index (χ4v) is 2.20. The molecule has 0 bridgehead atoms. The van der Waals surface area contributed by atoms with Crippen molar-refractivity contribution in [1.29, 1.82) is 0 Å². The van der Waals surface area contributed by atoms with Gasteiger partial charge in [0.1, 0.15) is 5.82 Å². The average molecular weight is 249 g/mol. The van der Waals surface area contributed by atoms with Gasteiger partial charge in [-0.2, -0.15) is 0 Å². The van der Waals surface area contributed by atoms with E-state index in [4.69, 9.17) is 4.74 Å². The molecule has 1 aliphatic heterocycles. The minimum absolute atomic E-state index is 0.389. The molecule has 1 N–H and O–H groups in total. The number of anilines is 1. The van der Waals surface area contributed by atoms with E-state index in [9.17, 15) is 0 Å². The third kappa shape index (κ3) is 3.43. The number of morpholine rings is 1. The quantitative estimate of drug-likeness (QED) is 0.804. The van der Waals surface area contributed by atoms with Gasteiger partial charge in [0.25, 0.3) is 0 Å². The predicted molar refractivity (Wildman–Crippen MR) is 74.1 cm³/mol. The van der Waals surface area contributed by atoms with E-state index >= 15 is 0 Å². The van der Waals surface area contributed by atoms with Gasteiger partial charge < -0.3 is 15.0 Å². The molecule has 0 amide bonds. The monoisotopic (exact) mass is 249 g/mol. The molecule has 100 valence electrons. The maximum atomic E-state index is 5.58. The predicted octanol–water partition coefficient (Wildman–Crippen LogP) is 1.59. The first-order chi connectivity index (χ1) is 8.81. The molecule has 2 heterocycles. The Morgan fingerprint density at radius 2 is 2.39 bits per heavy atom. The molecule has 1 saturated heterocycles. The Kier molecular flexibility index (Phi) is 4.96. The van der Waals surface area contributed by atoms with Crippen LogP contribution in [-0.4, -0.2) is 43.9 Å². The molecule has 1 aromatic rings.